The van der Waals surface area contributed by atoms with Crippen LogP contribution in [0.2, 0.25) is 5.02 Å². The van der Waals surface area contributed by atoms with Gasteiger partial charge >= 0.3 is 0 Å². The van der Waals surface area contributed by atoms with E-state index < -0.39 is 0 Å². The number of hydrogen-bond donors (Lipinski definition) is 1. The number of nitrogens with two attached hydrogens (primary N) is 1. The van der Waals surface area contributed by atoms with E-state index in [1.165, 1.54) is 16.7 Å². The van der Waals surface area contributed by atoms with Crippen LogP contribution in [0.15, 0.2) is 12.1 Å². The van der Waals surface area contributed by atoms with Gasteiger partial charge < -0.3 is 5.73 Å². The van der Waals surface area contributed by atoms with E-state index in [0.717, 1.165) is 30.8 Å². The van der Waals surface area contributed by atoms with Crippen LogP contribution in [0.1, 0.15) is 70.1 Å². The Morgan fingerprint density at radius 3 is 2.26 bits per heavy atom. The van der Waals surface area contributed by atoms with E-state index in [4.69, 9.17) is 17.3 Å². The molecule has 2 heteroatoms. The molecule has 0 aliphatic rings. The molecule has 0 saturated heterocycles. The smallest absolute Gasteiger partial charge is 0.0478 e. The number of aryl methyl sites for hydroxylation is 1. The van der Waals surface area contributed by atoms with Gasteiger partial charge in [-0.05, 0) is 53.8 Å². The molecule has 19 heavy (non-hydrogen) atoms. The SMILES string of the molecule is CC(C)c1cc(CCCCN)cc(C(C)(C)C)c1Cl. The second kappa shape index (κ2) is 6.76. The largest absolute Gasteiger partial charge is 0.330 e. The van der Waals surface area contributed by atoms with E-state index in [-0.39, 0.29) is 5.41 Å². The molecule has 0 amide bonds. The summed E-state index contributed by atoms with van der Waals surface area (Å²) in [5.41, 5.74) is 9.60. The maximum absolute atomic E-state index is 6.60. The quantitative estimate of drug-likeness (QED) is 0.752. The molecular formula is C17H28ClN. The lowest BCUT2D eigenvalue weighted by atomic mass is 9.83. The summed E-state index contributed by atoms with van der Waals surface area (Å²) in [6.45, 7) is 11.9. The van der Waals surface area contributed by atoms with E-state index in [1.54, 1.807) is 0 Å². The van der Waals surface area contributed by atoms with E-state index in [2.05, 4.69) is 46.8 Å². The lowest BCUT2D eigenvalue weighted by molar-refractivity contribution is 0.587. The monoisotopic (exact) mass is 281 g/mol. The lowest BCUT2D eigenvalue weighted by Gasteiger charge is -2.25. The highest BCUT2D eigenvalue weighted by Gasteiger charge is 2.21. The van der Waals surface area contributed by atoms with Gasteiger partial charge in [0.15, 0.2) is 0 Å². The Bertz CT molecular complexity index is 416. The summed E-state index contributed by atoms with van der Waals surface area (Å²) < 4.78 is 0. The number of hydrogen-bond acceptors (Lipinski definition) is 1. The topological polar surface area (TPSA) is 26.0 Å². The van der Waals surface area contributed by atoms with Gasteiger partial charge in [0.1, 0.15) is 0 Å². The van der Waals surface area contributed by atoms with Gasteiger partial charge in [0, 0.05) is 5.02 Å². The summed E-state index contributed by atoms with van der Waals surface area (Å²) in [6.07, 6.45) is 3.33. The highest BCUT2D eigenvalue weighted by atomic mass is 35.5. The molecule has 0 aromatic heterocycles. The third kappa shape index (κ3) is 4.50. The van der Waals surface area contributed by atoms with Crippen molar-refractivity contribution in [3.05, 3.63) is 33.8 Å². The van der Waals surface area contributed by atoms with E-state index in [9.17, 15) is 0 Å². The number of unbranched alkanes of at least 4 members (excludes halogenated alkanes) is 1. The van der Waals surface area contributed by atoms with Crippen molar-refractivity contribution < 1.29 is 0 Å². The first kappa shape index (κ1) is 16.5. The van der Waals surface area contributed by atoms with Crippen molar-refractivity contribution in [1.29, 1.82) is 0 Å². The molecule has 0 radical (unpaired) electrons. The van der Waals surface area contributed by atoms with Crippen LogP contribution >= 0.6 is 11.6 Å². The molecule has 0 fully saturated rings. The molecule has 1 aromatic rings. The van der Waals surface area contributed by atoms with Gasteiger partial charge in [0.25, 0.3) is 0 Å². The number of rotatable bonds is 5. The van der Waals surface area contributed by atoms with Crippen molar-refractivity contribution in [1.82, 2.24) is 0 Å². The van der Waals surface area contributed by atoms with E-state index in [1.807, 2.05) is 0 Å². The fourth-order valence-corrected chi connectivity index (χ4v) is 2.90. The first-order valence-electron chi connectivity index (χ1n) is 7.30. The Balaban J connectivity index is 3.16. The predicted octanol–water partition coefficient (Wildman–Crippen LogP) is 5.04. The predicted molar refractivity (Wildman–Crippen MR) is 86.2 cm³/mol. The second-order valence-electron chi connectivity index (χ2n) is 6.70. The molecule has 0 unspecified atom stereocenters. The summed E-state index contributed by atoms with van der Waals surface area (Å²) in [5, 5.41) is 0.949. The number of benzene rings is 1. The van der Waals surface area contributed by atoms with Crippen LogP contribution in [-0.2, 0) is 11.8 Å². The first-order chi connectivity index (χ1) is 8.77. The van der Waals surface area contributed by atoms with Gasteiger partial charge in [-0.3, -0.25) is 0 Å². The minimum Gasteiger partial charge on any atom is -0.330 e. The summed E-state index contributed by atoms with van der Waals surface area (Å²) in [5.74, 6) is 0.461. The molecule has 0 bridgehead atoms. The highest BCUT2D eigenvalue weighted by Crippen LogP contribution is 2.36. The zero-order valence-electron chi connectivity index (χ0n) is 13.0. The minimum absolute atomic E-state index is 0.0879. The van der Waals surface area contributed by atoms with Gasteiger partial charge in [0.2, 0.25) is 0 Å². The normalized spacial score (nSPS) is 12.2. The van der Waals surface area contributed by atoms with Crippen LogP contribution in [0.25, 0.3) is 0 Å². The third-order valence-corrected chi connectivity index (χ3v) is 3.93. The Labute approximate surface area is 123 Å². The maximum atomic E-state index is 6.60. The van der Waals surface area contributed by atoms with Gasteiger partial charge in [0.05, 0.1) is 0 Å². The Kier molecular flexibility index (Phi) is 5.88. The molecule has 0 spiro atoms. The van der Waals surface area contributed by atoms with Crippen LogP contribution in [0, 0.1) is 0 Å². The molecule has 2 N–H and O–H groups in total. The minimum atomic E-state index is 0.0879. The number of halogens is 1. The standard InChI is InChI=1S/C17H28ClN/c1-12(2)14-10-13(8-6-7-9-19)11-15(16(14)18)17(3,4)5/h10-12H,6-9,19H2,1-5H3. The van der Waals surface area contributed by atoms with Crippen LogP contribution in [0.3, 0.4) is 0 Å². The molecule has 0 aliphatic heterocycles. The zero-order valence-corrected chi connectivity index (χ0v) is 13.8. The molecular weight excluding hydrogens is 254 g/mol. The van der Waals surface area contributed by atoms with Crippen LogP contribution < -0.4 is 5.73 Å². The summed E-state index contributed by atoms with van der Waals surface area (Å²) in [7, 11) is 0. The Hall–Kier alpha value is -0.530. The van der Waals surface area contributed by atoms with Crippen molar-refractivity contribution >= 4 is 11.6 Å². The molecule has 1 aromatic carbocycles. The van der Waals surface area contributed by atoms with Crippen molar-refractivity contribution in [2.45, 2.75) is 65.2 Å². The van der Waals surface area contributed by atoms with E-state index in [0.29, 0.717) is 5.92 Å². The van der Waals surface area contributed by atoms with E-state index >= 15 is 0 Å². The summed E-state index contributed by atoms with van der Waals surface area (Å²) in [4.78, 5) is 0. The molecule has 0 atom stereocenters. The fraction of sp³-hybridized carbons (Fsp3) is 0.647. The molecule has 0 aliphatic carbocycles. The molecule has 1 rings (SSSR count). The fourth-order valence-electron chi connectivity index (χ4n) is 2.29. The van der Waals surface area contributed by atoms with Gasteiger partial charge in [-0.1, -0.05) is 58.4 Å². The third-order valence-electron chi connectivity index (χ3n) is 3.51. The zero-order chi connectivity index (χ0) is 14.6. The van der Waals surface area contributed by atoms with Crippen molar-refractivity contribution in [3.63, 3.8) is 0 Å². The van der Waals surface area contributed by atoms with Crippen molar-refractivity contribution in [2.24, 2.45) is 5.73 Å². The molecule has 1 nitrogen and oxygen atoms in total. The van der Waals surface area contributed by atoms with Crippen LogP contribution in [0.5, 0.6) is 0 Å². The highest BCUT2D eigenvalue weighted by molar-refractivity contribution is 6.32. The molecule has 0 heterocycles. The van der Waals surface area contributed by atoms with Crippen molar-refractivity contribution in [2.75, 3.05) is 6.54 Å². The van der Waals surface area contributed by atoms with Gasteiger partial charge in [-0.2, -0.15) is 0 Å². The lowest BCUT2D eigenvalue weighted by Crippen LogP contribution is -2.14. The van der Waals surface area contributed by atoms with Crippen molar-refractivity contribution in [3.8, 4) is 0 Å². The molecule has 108 valence electrons. The van der Waals surface area contributed by atoms with Crippen LogP contribution in [-0.4, -0.2) is 6.54 Å². The average Bonchev–Trinajstić information content (AvgIpc) is 2.29. The van der Waals surface area contributed by atoms with Crippen LogP contribution in [0.4, 0.5) is 0 Å². The Morgan fingerprint density at radius 1 is 1.16 bits per heavy atom. The second-order valence-corrected chi connectivity index (χ2v) is 7.08. The maximum Gasteiger partial charge on any atom is 0.0478 e. The average molecular weight is 282 g/mol. The Morgan fingerprint density at radius 2 is 1.79 bits per heavy atom. The summed E-state index contributed by atoms with van der Waals surface area (Å²) >= 11 is 6.60. The summed E-state index contributed by atoms with van der Waals surface area (Å²) in [6, 6.07) is 4.56. The van der Waals surface area contributed by atoms with Gasteiger partial charge in [-0.25, -0.2) is 0 Å². The van der Waals surface area contributed by atoms with Gasteiger partial charge in [-0.15, -0.1) is 0 Å². The first-order valence-corrected chi connectivity index (χ1v) is 7.68. The molecule has 0 saturated carbocycles.